The zero-order valence-electron chi connectivity index (χ0n) is 9.95. The van der Waals surface area contributed by atoms with Crippen LogP contribution in [0.25, 0.3) is 0 Å². The molecule has 0 atom stereocenters. The molecule has 0 amide bonds. The molecule has 1 aromatic rings. The normalized spacial score (nSPS) is 10.1. The van der Waals surface area contributed by atoms with Gasteiger partial charge in [-0.2, -0.15) is 14.0 Å². The average molecular weight is 290 g/mol. The molecule has 102 valence electrons. The Morgan fingerprint density at radius 3 is 2.68 bits per heavy atom. The van der Waals surface area contributed by atoms with Crippen molar-refractivity contribution in [2.75, 3.05) is 7.11 Å². The highest BCUT2D eigenvalue weighted by molar-refractivity contribution is 6.17. The van der Waals surface area contributed by atoms with Gasteiger partial charge in [-0.1, -0.05) is 6.07 Å². The van der Waals surface area contributed by atoms with Crippen molar-refractivity contribution >= 4 is 17.6 Å². The fourth-order valence-electron chi connectivity index (χ4n) is 1.51. The third-order valence-corrected chi connectivity index (χ3v) is 2.56. The Morgan fingerprint density at radius 1 is 1.53 bits per heavy atom. The van der Waals surface area contributed by atoms with E-state index < -0.39 is 12.6 Å². The second-order valence-electron chi connectivity index (χ2n) is 3.51. The van der Waals surface area contributed by atoms with E-state index in [1.54, 1.807) is 6.07 Å². The number of esters is 1. The predicted molar refractivity (Wildman–Crippen MR) is 63.1 cm³/mol. The van der Waals surface area contributed by atoms with Crippen LogP contribution in [-0.2, 0) is 21.8 Å². The van der Waals surface area contributed by atoms with Crippen LogP contribution in [0.15, 0.2) is 12.1 Å². The zero-order valence-corrected chi connectivity index (χ0v) is 10.7. The second kappa shape index (κ2) is 6.90. The molecule has 0 fully saturated rings. The molecule has 0 bridgehead atoms. The van der Waals surface area contributed by atoms with Crippen molar-refractivity contribution in [1.29, 1.82) is 5.26 Å². The SMILES string of the molecule is COC(=O)Cc1cc(C#N)c(OC(F)F)c(CCl)c1. The summed E-state index contributed by atoms with van der Waals surface area (Å²) in [6, 6.07) is 4.47. The Bertz CT molecular complexity index is 514. The summed E-state index contributed by atoms with van der Waals surface area (Å²) in [5, 5.41) is 8.93. The fourth-order valence-corrected chi connectivity index (χ4v) is 1.70. The molecule has 0 radical (unpaired) electrons. The maximum absolute atomic E-state index is 12.3. The summed E-state index contributed by atoms with van der Waals surface area (Å²) < 4.78 is 33.3. The number of nitriles is 1. The lowest BCUT2D eigenvalue weighted by Crippen LogP contribution is -2.09. The number of hydrogen-bond acceptors (Lipinski definition) is 4. The van der Waals surface area contributed by atoms with Crippen LogP contribution < -0.4 is 4.74 Å². The van der Waals surface area contributed by atoms with Crippen molar-refractivity contribution in [3.63, 3.8) is 0 Å². The van der Waals surface area contributed by atoms with Gasteiger partial charge in [0.2, 0.25) is 0 Å². The second-order valence-corrected chi connectivity index (χ2v) is 3.78. The van der Waals surface area contributed by atoms with E-state index in [4.69, 9.17) is 16.9 Å². The summed E-state index contributed by atoms with van der Waals surface area (Å²) in [4.78, 5) is 11.2. The lowest BCUT2D eigenvalue weighted by atomic mass is 10.0. The van der Waals surface area contributed by atoms with Gasteiger partial charge in [0, 0.05) is 5.56 Å². The van der Waals surface area contributed by atoms with E-state index in [9.17, 15) is 13.6 Å². The third-order valence-electron chi connectivity index (χ3n) is 2.27. The minimum Gasteiger partial charge on any atom is -0.469 e. The Morgan fingerprint density at radius 2 is 2.21 bits per heavy atom. The first-order chi connectivity index (χ1) is 9.01. The van der Waals surface area contributed by atoms with Crippen LogP contribution in [0.2, 0.25) is 0 Å². The zero-order chi connectivity index (χ0) is 14.4. The smallest absolute Gasteiger partial charge is 0.387 e. The minimum atomic E-state index is -3.06. The summed E-state index contributed by atoms with van der Waals surface area (Å²) >= 11 is 5.64. The molecule has 0 spiro atoms. The van der Waals surface area contributed by atoms with Crippen molar-refractivity contribution in [3.8, 4) is 11.8 Å². The predicted octanol–water partition coefficient (Wildman–Crippen LogP) is 2.61. The monoisotopic (exact) mass is 289 g/mol. The van der Waals surface area contributed by atoms with E-state index in [-0.39, 0.29) is 29.2 Å². The van der Waals surface area contributed by atoms with Gasteiger partial charge in [0.1, 0.15) is 11.8 Å². The van der Waals surface area contributed by atoms with Gasteiger partial charge in [-0.05, 0) is 11.6 Å². The molecule has 0 aliphatic rings. The van der Waals surface area contributed by atoms with Crippen LogP contribution in [0, 0.1) is 11.3 Å². The van der Waals surface area contributed by atoms with Crippen molar-refractivity contribution in [2.45, 2.75) is 18.9 Å². The van der Waals surface area contributed by atoms with E-state index in [0.717, 1.165) is 0 Å². The first-order valence-electron chi connectivity index (χ1n) is 5.15. The molecule has 4 nitrogen and oxygen atoms in total. The molecule has 7 heteroatoms. The first-order valence-corrected chi connectivity index (χ1v) is 5.68. The molecule has 0 unspecified atom stereocenters. The summed E-state index contributed by atoms with van der Waals surface area (Å²) in [6.07, 6.45) is -0.0793. The average Bonchev–Trinajstić information content (AvgIpc) is 2.39. The molecule has 0 aliphatic heterocycles. The molecule has 0 aromatic heterocycles. The van der Waals surface area contributed by atoms with Gasteiger partial charge < -0.3 is 9.47 Å². The highest BCUT2D eigenvalue weighted by atomic mass is 35.5. The Hall–Kier alpha value is -1.87. The quantitative estimate of drug-likeness (QED) is 0.617. The number of carbonyl (C=O) groups excluding carboxylic acids is 1. The molecule has 0 N–H and O–H groups in total. The van der Waals surface area contributed by atoms with Crippen LogP contribution in [0.1, 0.15) is 16.7 Å². The van der Waals surface area contributed by atoms with Gasteiger partial charge in [0.15, 0.2) is 0 Å². The van der Waals surface area contributed by atoms with E-state index in [2.05, 4.69) is 9.47 Å². The van der Waals surface area contributed by atoms with Crippen molar-refractivity contribution in [1.82, 2.24) is 0 Å². The van der Waals surface area contributed by atoms with Gasteiger partial charge in [0.25, 0.3) is 0 Å². The number of halogens is 3. The van der Waals surface area contributed by atoms with Crippen molar-refractivity contribution < 1.29 is 23.0 Å². The maximum Gasteiger partial charge on any atom is 0.387 e. The topological polar surface area (TPSA) is 59.3 Å². The van der Waals surface area contributed by atoms with Crippen LogP contribution >= 0.6 is 11.6 Å². The third kappa shape index (κ3) is 4.07. The number of carbonyl (C=O) groups is 1. The number of rotatable bonds is 5. The van der Waals surface area contributed by atoms with Gasteiger partial charge in [-0.15, -0.1) is 11.6 Å². The van der Waals surface area contributed by atoms with E-state index in [1.165, 1.54) is 19.2 Å². The van der Waals surface area contributed by atoms with Gasteiger partial charge in [-0.3, -0.25) is 4.79 Å². The first kappa shape index (κ1) is 15.2. The van der Waals surface area contributed by atoms with Crippen molar-refractivity contribution in [3.05, 3.63) is 28.8 Å². The molecular weight excluding hydrogens is 280 g/mol. The molecule has 0 aliphatic carbocycles. The van der Waals surface area contributed by atoms with Crippen LogP contribution in [0.5, 0.6) is 5.75 Å². The lowest BCUT2D eigenvalue weighted by Gasteiger charge is -2.12. The van der Waals surface area contributed by atoms with Crippen LogP contribution in [0.4, 0.5) is 8.78 Å². The number of methoxy groups -OCH3 is 1. The van der Waals surface area contributed by atoms with E-state index in [1.807, 2.05) is 0 Å². The molecular formula is C12H10ClF2NO3. The maximum atomic E-state index is 12.3. The van der Waals surface area contributed by atoms with Crippen LogP contribution in [-0.4, -0.2) is 19.7 Å². The van der Waals surface area contributed by atoms with Gasteiger partial charge in [0.05, 0.1) is 25.0 Å². The summed E-state index contributed by atoms with van der Waals surface area (Å²) in [5.74, 6) is -0.890. The van der Waals surface area contributed by atoms with E-state index >= 15 is 0 Å². The fraction of sp³-hybridized carbons (Fsp3) is 0.333. The van der Waals surface area contributed by atoms with E-state index in [0.29, 0.717) is 5.56 Å². The Balaban J connectivity index is 3.20. The highest BCUT2D eigenvalue weighted by Gasteiger charge is 2.17. The molecule has 1 aromatic carbocycles. The number of nitrogens with zero attached hydrogens (tertiary/aromatic N) is 1. The largest absolute Gasteiger partial charge is 0.469 e. The summed E-state index contributed by atoms with van der Waals surface area (Å²) in [7, 11) is 1.23. The highest BCUT2D eigenvalue weighted by Crippen LogP contribution is 2.29. The summed E-state index contributed by atoms with van der Waals surface area (Å²) in [5.41, 5.74) is 0.568. The number of hydrogen-bond donors (Lipinski definition) is 0. The van der Waals surface area contributed by atoms with Crippen molar-refractivity contribution in [2.24, 2.45) is 0 Å². The number of ether oxygens (including phenoxy) is 2. The van der Waals surface area contributed by atoms with Gasteiger partial charge in [-0.25, -0.2) is 0 Å². The minimum absolute atomic E-state index is 0.0793. The number of alkyl halides is 3. The number of benzene rings is 1. The lowest BCUT2D eigenvalue weighted by molar-refractivity contribution is -0.139. The molecule has 19 heavy (non-hydrogen) atoms. The standard InChI is InChI=1S/C12H10ClF2NO3/c1-18-10(17)4-7-2-8(5-13)11(19-12(14)15)9(3-7)6-16/h2-3,12H,4-5H2,1H3. The molecule has 0 saturated carbocycles. The molecule has 0 saturated heterocycles. The van der Waals surface area contributed by atoms with Gasteiger partial charge >= 0.3 is 12.6 Å². The Labute approximate surface area is 113 Å². The Kier molecular flexibility index (Phi) is 5.52. The molecule has 0 heterocycles. The van der Waals surface area contributed by atoms with Crippen LogP contribution in [0.3, 0.4) is 0 Å². The molecule has 1 rings (SSSR count). The summed E-state index contributed by atoms with van der Waals surface area (Å²) in [6.45, 7) is -3.06.